The number of halogens is 3. The van der Waals surface area contributed by atoms with Crippen molar-refractivity contribution in [2.24, 2.45) is 11.8 Å². The zero-order valence-corrected chi connectivity index (χ0v) is 26.3. The summed E-state index contributed by atoms with van der Waals surface area (Å²) in [5.74, 6) is 0.0179. The van der Waals surface area contributed by atoms with E-state index in [-0.39, 0.29) is 58.4 Å². The third-order valence-electron chi connectivity index (χ3n) is 9.50. The monoisotopic (exact) mass is 670 g/mol. The first-order chi connectivity index (χ1) is 22.5. The van der Waals surface area contributed by atoms with Crippen LogP contribution in [0.25, 0.3) is 22.0 Å². The number of methoxy groups -OCH3 is 1. The number of ether oxygens (including phenoxy) is 3. The average molecular weight is 671 g/mol. The summed E-state index contributed by atoms with van der Waals surface area (Å²) in [4.78, 5) is 12.1. The summed E-state index contributed by atoms with van der Waals surface area (Å²) in [7, 11) is -2.61. The number of esters is 1. The van der Waals surface area contributed by atoms with Crippen LogP contribution in [0.5, 0.6) is 5.75 Å². The Labute approximate surface area is 269 Å². The van der Waals surface area contributed by atoms with E-state index in [1.165, 1.54) is 25.3 Å². The lowest BCUT2D eigenvalue weighted by Crippen LogP contribution is -2.46. The normalized spacial score (nSPS) is 22.8. The van der Waals surface area contributed by atoms with Crippen molar-refractivity contribution >= 4 is 26.8 Å². The van der Waals surface area contributed by atoms with Gasteiger partial charge in [0.25, 0.3) is 0 Å². The Bertz CT molecular complexity index is 1910. The van der Waals surface area contributed by atoms with Gasteiger partial charge in [0.15, 0.2) is 0 Å². The predicted molar refractivity (Wildman–Crippen MR) is 164 cm³/mol. The number of rotatable bonds is 10. The Balaban J connectivity index is 1.07. The molecule has 13 heteroatoms. The van der Waals surface area contributed by atoms with Crippen LogP contribution >= 0.6 is 0 Å². The van der Waals surface area contributed by atoms with Crippen molar-refractivity contribution in [3.63, 3.8) is 0 Å². The zero-order valence-electron chi connectivity index (χ0n) is 25.5. The van der Waals surface area contributed by atoms with E-state index >= 15 is 0 Å². The van der Waals surface area contributed by atoms with Gasteiger partial charge in [0.1, 0.15) is 17.2 Å². The van der Waals surface area contributed by atoms with Gasteiger partial charge in [-0.1, -0.05) is 35.5 Å². The van der Waals surface area contributed by atoms with Crippen LogP contribution in [0, 0.1) is 11.8 Å². The van der Waals surface area contributed by atoms with Crippen LogP contribution in [0.1, 0.15) is 66.1 Å². The molecule has 3 aliphatic rings. The van der Waals surface area contributed by atoms with Crippen LogP contribution in [0.15, 0.2) is 70.1 Å². The van der Waals surface area contributed by atoms with Gasteiger partial charge in [0, 0.05) is 28.5 Å². The van der Waals surface area contributed by atoms with Gasteiger partial charge < -0.3 is 18.7 Å². The molecule has 1 heterocycles. The summed E-state index contributed by atoms with van der Waals surface area (Å²) in [6.45, 7) is 0.106. The molecule has 0 radical (unpaired) electrons. The average Bonchev–Trinajstić information content (AvgIpc) is 3.76. The first kappa shape index (κ1) is 31.6. The number of aromatic nitrogens is 1. The standard InChI is InChI=1S/C34H33F3N2O7S/c1-43-33(40)23-13-14-25-20(15-23)5-4-8-29(25)47(41,42)39-30-21-11-12-22(30)17-24(16-21)44-18-27-31(38-46-32(27)19-9-10-19)26-6-2-3-7-28(26)45-34(35,36)37/h2-8,13-15,19,21-22,24,30,39H,9-12,16-18H2,1H3. The summed E-state index contributed by atoms with van der Waals surface area (Å²) < 4.78 is 91.1. The third-order valence-corrected chi connectivity index (χ3v) is 11.0. The highest BCUT2D eigenvalue weighted by atomic mass is 32.2. The van der Waals surface area contributed by atoms with Crippen molar-refractivity contribution < 1.29 is 45.1 Å². The summed E-state index contributed by atoms with van der Waals surface area (Å²) in [5.41, 5.74) is 1.39. The van der Waals surface area contributed by atoms with Gasteiger partial charge in [-0.25, -0.2) is 17.9 Å². The topological polar surface area (TPSA) is 117 Å². The smallest absolute Gasteiger partial charge is 0.465 e. The second-order valence-corrected chi connectivity index (χ2v) is 14.2. The summed E-state index contributed by atoms with van der Waals surface area (Å²) in [6.07, 6.45) is -0.255. The quantitative estimate of drug-likeness (QED) is 0.178. The van der Waals surface area contributed by atoms with Crippen LogP contribution < -0.4 is 9.46 Å². The Kier molecular flexibility index (Phi) is 8.25. The maximum atomic E-state index is 13.7. The number of carbonyl (C=O) groups is 1. The van der Waals surface area contributed by atoms with Crippen molar-refractivity contribution in [2.75, 3.05) is 7.11 Å². The second-order valence-electron chi connectivity index (χ2n) is 12.5. The van der Waals surface area contributed by atoms with E-state index < -0.39 is 22.4 Å². The van der Waals surface area contributed by atoms with E-state index in [1.807, 2.05) is 0 Å². The molecular weight excluding hydrogens is 637 g/mol. The first-order valence-electron chi connectivity index (χ1n) is 15.6. The van der Waals surface area contributed by atoms with E-state index in [4.69, 9.17) is 14.0 Å². The molecule has 2 atom stereocenters. The van der Waals surface area contributed by atoms with Crippen LogP contribution in [0.2, 0.25) is 0 Å². The molecule has 0 spiro atoms. The van der Waals surface area contributed by atoms with Gasteiger partial charge in [0.05, 0.1) is 30.3 Å². The van der Waals surface area contributed by atoms with Gasteiger partial charge in [0.2, 0.25) is 10.0 Å². The molecule has 3 saturated carbocycles. The van der Waals surface area contributed by atoms with E-state index in [1.54, 1.807) is 42.5 Å². The molecule has 9 nitrogen and oxygen atoms in total. The third kappa shape index (κ3) is 6.48. The van der Waals surface area contributed by atoms with Gasteiger partial charge in [-0.05, 0) is 86.1 Å². The molecule has 2 unspecified atom stereocenters. The van der Waals surface area contributed by atoms with Crippen molar-refractivity contribution in [3.8, 4) is 17.0 Å². The van der Waals surface area contributed by atoms with E-state index in [0.717, 1.165) is 25.7 Å². The number of nitrogens with one attached hydrogen (secondary N) is 1. The van der Waals surface area contributed by atoms with Crippen molar-refractivity contribution in [1.82, 2.24) is 9.88 Å². The van der Waals surface area contributed by atoms with Gasteiger partial charge >= 0.3 is 12.3 Å². The number of carbonyl (C=O) groups excluding carboxylic acids is 1. The number of benzene rings is 3. The molecule has 2 bridgehead atoms. The molecule has 7 rings (SSSR count). The number of hydrogen-bond donors (Lipinski definition) is 1. The molecule has 3 aromatic carbocycles. The summed E-state index contributed by atoms with van der Waals surface area (Å²) in [6, 6.07) is 15.3. The molecular formula is C34H33F3N2O7S. The maximum Gasteiger partial charge on any atom is 0.573 e. The largest absolute Gasteiger partial charge is 0.573 e. The van der Waals surface area contributed by atoms with Crippen LogP contribution in [0.4, 0.5) is 13.2 Å². The van der Waals surface area contributed by atoms with Crippen LogP contribution in [-0.4, -0.2) is 45.2 Å². The minimum atomic E-state index is -4.86. The van der Waals surface area contributed by atoms with E-state index in [0.29, 0.717) is 40.5 Å². The minimum absolute atomic E-state index is 0.0557. The molecule has 0 aliphatic heterocycles. The van der Waals surface area contributed by atoms with E-state index in [9.17, 15) is 26.4 Å². The summed E-state index contributed by atoms with van der Waals surface area (Å²) in [5, 5.41) is 5.29. The molecule has 4 aromatic rings. The van der Waals surface area contributed by atoms with Gasteiger partial charge in [-0.2, -0.15) is 0 Å². The lowest BCUT2D eigenvalue weighted by atomic mass is 9.83. The van der Waals surface area contributed by atoms with Crippen LogP contribution in [-0.2, 0) is 26.1 Å². The zero-order chi connectivity index (χ0) is 32.9. The Morgan fingerprint density at radius 2 is 1.74 bits per heavy atom. The molecule has 1 N–H and O–H groups in total. The second kappa shape index (κ2) is 12.3. The first-order valence-corrected chi connectivity index (χ1v) is 17.1. The molecule has 1 aromatic heterocycles. The number of alkyl halides is 3. The lowest BCUT2D eigenvalue weighted by molar-refractivity contribution is -0.274. The lowest BCUT2D eigenvalue weighted by Gasteiger charge is -2.35. The fraction of sp³-hybridized carbons (Fsp3) is 0.412. The number of hydrogen-bond acceptors (Lipinski definition) is 8. The number of para-hydroxylation sites is 1. The number of nitrogens with zero attached hydrogens (tertiary/aromatic N) is 1. The SMILES string of the molecule is COC(=O)c1ccc2c(S(=O)(=O)NC3C4CCC3CC(OCc3c(-c5ccccc5OC(F)(F)F)noc3C3CC3)C4)cccc2c1. The molecule has 3 fully saturated rings. The number of fused-ring (bicyclic) bond motifs is 3. The van der Waals surface area contributed by atoms with Gasteiger partial charge in [-0.15, -0.1) is 13.2 Å². The fourth-order valence-corrected chi connectivity index (χ4v) is 8.80. The van der Waals surface area contributed by atoms with Crippen molar-refractivity contribution in [3.05, 3.63) is 77.6 Å². The Morgan fingerprint density at radius 3 is 2.45 bits per heavy atom. The number of sulfonamides is 1. The highest BCUT2D eigenvalue weighted by Crippen LogP contribution is 2.47. The molecule has 0 amide bonds. The fourth-order valence-electron chi connectivity index (χ4n) is 7.19. The maximum absolute atomic E-state index is 13.7. The highest BCUT2D eigenvalue weighted by Gasteiger charge is 2.45. The van der Waals surface area contributed by atoms with Crippen LogP contribution in [0.3, 0.4) is 0 Å². The Hall–Kier alpha value is -3.94. The van der Waals surface area contributed by atoms with Crippen molar-refractivity contribution in [2.45, 2.75) is 74.5 Å². The van der Waals surface area contributed by atoms with E-state index in [2.05, 4.69) is 14.6 Å². The molecule has 3 aliphatic carbocycles. The highest BCUT2D eigenvalue weighted by molar-refractivity contribution is 7.89. The Morgan fingerprint density at radius 1 is 1.00 bits per heavy atom. The summed E-state index contributed by atoms with van der Waals surface area (Å²) >= 11 is 0. The molecule has 248 valence electrons. The minimum Gasteiger partial charge on any atom is -0.465 e. The molecule has 0 saturated heterocycles. The van der Waals surface area contributed by atoms with Gasteiger partial charge in [-0.3, -0.25) is 0 Å². The molecule has 47 heavy (non-hydrogen) atoms. The predicted octanol–water partition coefficient (Wildman–Crippen LogP) is 7.11. The van der Waals surface area contributed by atoms with Crippen molar-refractivity contribution in [1.29, 1.82) is 0 Å².